The summed E-state index contributed by atoms with van der Waals surface area (Å²) in [5, 5.41) is 0. The summed E-state index contributed by atoms with van der Waals surface area (Å²) in [6.07, 6.45) is 26.9. The van der Waals surface area contributed by atoms with Gasteiger partial charge >= 0.3 is 0 Å². The van der Waals surface area contributed by atoms with Crippen molar-refractivity contribution in [3.8, 4) is 0 Å². The Morgan fingerprint density at radius 2 is 0.667 bits per heavy atom. The van der Waals surface area contributed by atoms with Crippen molar-refractivity contribution in [2.75, 3.05) is 0 Å². The first-order chi connectivity index (χ1) is 16.2. The van der Waals surface area contributed by atoms with Gasteiger partial charge in [-0.2, -0.15) is 0 Å². The first-order valence-electron chi connectivity index (χ1n) is 14.9. The minimum Gasteiger partial charge on any atom is -0.337 e. The van der Waals surface area contributed by atoms with E-state index in [1.165, 1.54) is 128 Å². The van der Waals surface area contributed by atoms with Crippen molar-refractivity contribution in [2.45, 2.75) is 172 Å². The molecule has 0 saturated heterocycles. The van der Waals surface area contributed by atoms with Crippen molar-refractivity contribution < 1.29 is 9.59 Å². The number of nitrogens with zero attached hydrogens (tertiary/aromatic N) is 2. The van der Waals surface area contributed by atoms with Crippen LogP contribution >= 0.6 is 0 Å². The van der Waals surface area contributed by atoms with Gasteiger partial charge in [-0.3, -0.25) is 9.59 Å². The highest BCUT2D eigenvalue weighted by molar-refractivity contribution is 5.80. The maximum absolute atomic E-state index is 13.5. The van der Waals surface area contributed by atoms with E-state index in [-0.39, 0.29) is 0 Å². The van der Waals surface area contributed by atoms with Crippen LogP contribution in [0.5, 0.6) is 0 Å². The van der Waals surface area contributed by atoms with Crippen LogP contribution in [0, 0.1) is 0 Å². The summed E-state index contributed by atoms with van der Waals surface area (Å²) in [4.78, 5) is 31.7. The van der Waals surface area contributed by atoms with E-state index >= 15 is 0 Å². The average molecular weight is 459 g/mol. The summed E-state index contributed by atoms with van der Waals surface area (Å²) < 4.78 is 0. The number of hydrogen-bond donors (Lipinski definition) is 0. The largest absolute Gasteiger partial charge is 0.337 e. The molecule has 0 heterocycles. The summed E-state index contributed by atoms with van der Waals surface area (Å²) in [7, 11) is 0. The highest BCUT2D eigenvalue weighted by Crippen LogP contribution is 2.33. The Hall–Kier alpha value is -1.06. The normalized spacial score (nSPS) is 24.5. The number of hydrogen-bond acceptors (Lipinski definition) is 2. The van der Waals surface area contributed by atoms with Gasteiger partial charge in [0.1, 0.15) is 0 Å². The zero-order valence-corrected chi connectivity index (χ0v) is 21.3. The minimum atomic E-state index is 0.350. The summed E-state index contributed by atoms with van der Waals surface area (Å²) >= 11 is 0. The van der Waals surface area contributed by atoms with Crippen LogP contribution in [0.1, 0.15) is 148 Å². The minimum absolute atomic E-state index is 0.350. The lowest BCUT2D eigenvalue weighted by atomic mass is 9.88. The fourth-order valence-electron chi connectivity index (χ4n) is 7.50. The van der Waals surface area contributed by atoms with Crippen LogP contribution in [-0.4, -0.2) is 45.8 Å². The second kappa shape index (κ2) is 13.1. The maximum Gasteiger partial charge on any atom is 0.223 e. The van der Waals surface area contributed by atoms with E-state index in [2.05, 4.69) is 9.80 Å². The number of amides is 2. The van der Waals surface area contributed by atoms with Crippen LogP contribution < -0.4 is 0 Å². The molecule has 4 fully saturated rings. The summed E-state index contributed by atoms with van der Waals surface area (Å²) in [5.41, 5.74) is 0. The van der Waals surface area contributed by atoms with E-state index in [9.17, 15) is 9.59 Å². The lowest BCUT2D eigenvalue weighted by Gasteiger charge is -2.42. The highest BCUT2D eigenvalue weighted by atomic mass is 16.2. The molecule has 4 heteroatoms. The number of carbonyl (C=O) groups excluding carboxylic acids is 2. The van der Waals surface area contributed by atoms with E-state index in [4.69, 9.17) is 0 Å². The van der Waals surface area contributed by atoms with Crippen LogP contribution in [0.15, 0.2) is 0 Å². The van der Waals surface area contributed by atoms with Gasteiger partial charge < -0.3 is 9.80 Å². The molecule has 4 saturated carbocycles. The molecule has 4 nitrogen and oxygen atoms in total. The molecule has 188 valence electrons. The van der Waals surface area contributed by atoms with E-state index < -0.39 is 0 Å². The smallest absolute Gasteiger partial charge is 0.223 e. The van der Waals surface area contributed by atoms with Crippen molar-refractivity contribution in [3.63, 3.8) is 0 Å². The quantitative estimate of drug-likeness (QED) is 0.388. The van der Waals surface area contributed by atoms with Crippen molar-refractivity contribution in [2.24, 2.45) is 0 Å². The molecule has 0 unspecified atom stereocenters. The van der Waals surface area contributed by atoms with Crippen molar-refractivity contribution >= 4 is 11.8 Å². The summed E-state index contributed by atoms with van der Waals surface area (Å²) in [6, 6.07) is 1.86. The molecule has 4 aliphatic rings. The van der Waals surface area contributed by atoms with E-state index in [0.717, 1.165) is 6.42 Å². The van der Waals surface area contributed by atoms with Gasteiger partial charge in [0, 0.05) is 37.0 Å². The van der Waals surface area contributed by atoms with Gasteiger partial charge in [0.05, 0.1) is 0 Å². The third-order valence-electron chi connectivity index (χ3n) is 9.23. The van der Waals surface area contributed by atoms with Gasteiger partial charge in [-0.05, 0) is 57.8 Å². The van der Waals surface area contributed by atoms with E-state index in [1.807, 2.05) is 0 Å². The molecule has 4 aliphatic carbocycles. The summed E-state index contributed by atoms with van der Waals surface area (Å²) in [5.74, 6) is 0.701. The lowest BCUT2D eigenvalue weighted by molar-refractivity contribution is -0.139. The third kappa shape index (κ3) is 6.98. The molecule has 0 atom stereocenters. The van der Waals surface area contributed by atoms with Crippen LogP contribution in [0.2, 0.25) is 0 Å². The monoisotopic (exact) mass is 458 g/mol. The van der Waals surface area contributed by atoms with Gasteiger partial charge in [-0.15, -0.1) is 0 Å². The van der Waals surface area contributed by atoms with E-state index in [1.54, 1.807) is 0 Å². The molecular weight excluding hydrogens is 408 g/mol. The highest BCUT2D eigenvalue weighted by Gasteiger charge is 2.34. The lowest BCUT2D eigenvalue weighted by Crippen LogP contribution is -2.49. The Kier molecular flexibility index (Phi) is 9.97. The predicted octanol–water partition coefficient (Wildman–Crippen LogP) is 7.14. The molecule has 0 aliphatic heterocycles. The van der Waals surface area contributed by atoms with Crippen LogP contribution in [-0.2, 0) is 9.59 Å². The summed E-state index contributed by atoms with van der Waals surface area (Å²) in [6.45, 7) is 0. The van der Waals surface area contributed by atoms with Crippen LogP contribution in [0.4, 0.5) is 0 Å². The standard InChI is InChI=1S/C29H50N2O2/c32-28(30(24-14-5-1-6-15-24)25-16-7-2-8-17-25)22-13-23-29(33)31(26-18-9-3-10-19-26)27-20-11-4-12-21-27/h24-27H,1-23H2. The molecule has 2 amide bonds. The molecule has 0 bridgehead atoms. The van der Waals surface area contributed by atoms with Gasteiger partial charge in [0.15, 0.2) is 0 Å². The Morgan fingerprint density at radius 1 is 0.424 bits per heavy atom. The molecule has 0 radical (unpaired) electrons. The zero-order chi connectivity index (χ0) is 22.9. The maximum atomic E-state index is 13.5. The van der Waals surface area contributed by atoms with Gasteiger partial charge in [0.2, 0.25) is 11.8 Å². The van der Waals surface area contributed by atoms with Crippen LogP contribution in [0.25, 0.3) is 0 Å². The van der Waals surface area contributed by atoms with Crippen molar-refractivity contribution in [1.82, 2.24) is 9.80 Å². The molecular formula is C29H50N2O2. The van der Waals surface area contributed by atoms with E-state index in [0.29, 0.717) is 48.8 Å². The Bertz CT molecular complexity index is 509. The SMILES string of the molecule is O=C(CCCC(=O)N(C1CCCCC1)C1CCCCC1)N(C1CCCCC1)C1CCCCC1. The Balaban J connectivity index is 1.33. The zero-order valence-electron chi connectivity index (χ0n) is 21.3. The van der Waals surface area contributed by atoms with Crippen molar-refractivity contribution in [3.05, 3.63) is 0 Å². The van der Waals surface area contributed by atoms with Gasteiger partial charge in [0.25, 0.3) is 0 Å². The van der Waals surface area contributed by atoms with Gasteiger partial charge in [-0.1, -0.05) is 77.0 Å². The first-order valence-corrected chi connectivity index (χ1v) is 14.9. The van der Waals surface area contributed by atoms with Crippen LogP contribution in [0.3, 0.4) is 0 Å². The molecule has 4 rings (SSSR count). The fourth-order valence-corrected chi connectivity index (χ4v) is 7.50. The van der Waals surface area contributed by atoms with Crippen molar-refractivity contribution in [1.29, 1.82) is 0 Å². The predicted molar refractivity (Wildman–Crippen MR) is 135 cm³/mol. The molecule has 33 heavy (non-hydrogen) atoms. The topological polar surface area (TPSA) is 40.6 Å². The Labute approximate surface area is 203 Å². The first kappa shape index (κ1) is 25.0. The number of rotatable bonds is 8. The second-order valence-electron chi connectivity index (χ2n) is 11.6. The third-order valence-corrected chi connectivity index (χ3v) is 9.23. The molecule has 0 aromatic rings. The Morgan fingerprint density at radius 3 is 0.909 bits per heavy atom. The second-order valence-corrected chi connectivity index (χ2v) is 11.6. The molecule has 0 spiro atoms. The molecule has 0 aromatic heterocycles. The van der Waals surface area contributed by atoms with Gasteiger partial charge in [-0.25, -0.2) is 0 Å². The molecule has 0 N–H and O–H groups in total. The fraction of sp³-hybridized carbons (Fsp3) is 0.931. The average Bonchev–Trinajstić information content (AvgIpc) is 2.87. The number of carbonyl (C=O) groups is 2. The molecule has 0 aromatic carbocycles.